The van der Waals surface area contributed by atoms with Crippen molar-refractivity contribution >= 4 is 10.8 Å². The van der Waals surface area contributed by atoms with Crippen LogP contribution in [0.3, 0.4) is 0 Å². The van der Waals surface area contributed by atoms with Crippen molar-refractivity contribution in [3.63, 3.8) is 0 Å². The molecule has 0 saturated heterocycles. The average Bonchev–Trinajstić information content (AvgIpc) is 2.67. The first-order valence-corrected chi connectivity index (χ1v) is 7.96. The molecular weight excluding hydrogens is 320 g/mol. The first-order valence-electron chi connectivity index (χ1n) is 7.96. The Morgan fingerprint density at radius 2 is 1.72 bits per heavy atom. The summed E-state index contributed by atoms with van der Waals surface area (Å²) in [5, 5.41) is 5.58. The summed E-state index contributed by atoms with van der Waals surface area (Å²) in [6.45, 7) is 1.28. The molecule has 6 heteroatoms. The van der Waals surface area contributed by atoms with Crippen molar-refractivity contribution in [1.29, 1.82) is 0 Å². The topological polar surface area (TPSA) is 62.6 Å². The molecule has 0 unspecified atom stereocenters. The zero-order valence-corrected chi connectivity index (χ0v) is 14.3. The van der Waals surface area contributed by atoms with Crippen LogP contribution in [0.1, 0.15) is 5.56 Å². The van der Waals surface area contributed by atoms with Gasteiger partial charge in [0.1, 0.15) is 11.5 Å². The fourth-order valence-corrected chi connectivity index (χ4v) is 2.51. The van der Waals surface area contributed by atoms with Crippen molar-refractivity contribution in [2.24, 2.45) is 0 Å². The van der Waals surface area contributed by atoms with Gasteiger partial charge in [0.25, 0.3) is 5.56 Å². The minimum absolute atomic E-state index is 0.131. The van der Waals surface area contributed by atoms with Gasteiger partial charge in [0.15, 0.2) is 0 Å². The van der Waals surface area contributed by atoms with Crippen LogP contribution in [0, 0.1) is 0 Å². The minimum atomic E-state index is -0.131. The van der Waals surface area contributed by atoms with E-state index in [0.717, 1.165) is 16.7 Å². The lowest BCUT2D eigenvalue weighted by Gasteiger charge is -2.08. The number of nitrogens with zero attached hydrogens (tertiary/aromatic N) is 2. The number of hydrogen-bond acceptors (Lipinski definition) is 5. The lowest BCUT2D eigenvalue weighted by atomic mass is 10.2. The summed E-state index contributed by atoms with van der Waals surface area (Å²) in [4.78, 5) is 12.5. The highest BCUT2D eigenvalue weighted by molar-refractivity contribution is 5.82. The van der Waals surface area contributed by atoms with E-state index < -0.39 is 0 Å². The molecule has 0 atom stereocenters. The van der Waals surface area contributed by atoms with Crippen LogP contribution < -0.4 is 15.0 Å². The number of aromatic nitrogens is 2. The van der Waals surface area contributed by atoms with Gasteiger partial charge in [-0.05, 0) is 35.9 Å². The smallest absolute Gasteiger partial charge is 0.274 e. The zero-order chi connectivity index (χ0) is 17.6. The molecule has 2 aromatic carbocycles. The summed E-state index contributed by atoms with van der Waals surface area (Å²) in [5.74, 6) is 1.52. The number of hydrogen-bond donors (Lipinski definition) is 0. The second-order valence-corrected chi connectivity index (χ2v) is 5.53. The Kier molecular flexibility index (Phi) is 5.30. The van der Waals surface area contributed by atoms with Gasteiger partial charge in [-0.1, -0.05) is 12.1 Å². The number of methoxy groups -OCH3 is 2. The van der Waals surface area contributed by atoms with Gasteiger partial charge >= 0.3 is 0 Å². The zero-order valence-electron chi connectivity index (χ0n) is 14.3. The average molecular weight is 340 g/mol. The van der Waals surface area contributed by atoms with Crippen LogP contribution in [0.2, 0.25) is 0 Å². The molecule has 0 aliphatic rings. The van der Waals surface area contributed by atoms with Crippen molar-refractivity contribution < 1.29 is 14.2 Å². The van der Waals surface area contributed by atoms with Crippen LogP contribution in [-0.4, -0.2) is 30.6 Å². The van der Waals surface area contributed by atoms with Crippen LogP contribution >= 0.6 is 0 Å². The molecule has 0 aliphatic carbocycles. The fraction of sp³-hybridized carbons (Fsp3) is 0.263. The second kappa shape index (κ2) is 7.81. The summed E-state index contributed by atoms with van der Waals surface area (Å²) in [6, 6.07) is 13.0. The summed E-state index contributed by atoms with van der Waals surface area (Å²) in [6.07, 6.45) is 1.67. The number of ether oxygens (including phenoxy) is 3. The van der Waals surface area contributed by atoms with Crippen molar-refractivity contribution in [3.05, 3.63) is 64.6 Å². The van der Waals surface area contributed by atoms with E-state index in [-0.39, 0.29) is 5.56 Å². The molecule has 0 aliphatic heterocycles. The highest BCUT2D eigenvalue weighted by atomic mass is 16.5. The van der Waals surface area contributed by atoms with Gasteiger partial charge in [0.05, 0.1) is 45.6 Å². The molecule has 1 aromatic heterocycles. The van der Waals surface area contributed by atoms with Crippen LogP contribution in [0.15, 0.2) is 53.5 Å². The van der Waals surface area contributed by atoms with Gasteiger partial charge < -0.3 is 14.2 Å². The highest BCUT2D eigenvalue weighted by Crippen LogP contribution is 2.17. The van der Waals surface area contributed by atoms with Crippen molar-refractivity contribution in [1.82, 2.24) is 9.78 Å². The molecule has 0 fully saturated rings. The molecule has 0 spiro atoms. The predicted octanol–water partition coefficient (Wildman–Crippen LogP) is 2.63. The maximum atomic E-state index is 12.5. The summed E-state index contributed by atoms with van der Waals surface area (Å²) in [7, 11) is 3.23. The first kappa shape index (κ1) is 17.0. The van der Waals surface area contributed by atoms with Crippen LogP contribution in [0.5, 0.6) is 11.5 Å². The molecule has 0 saturated carbocycles. The van der Waals surface area contributed by atoms with Gasteiger partial charge in [-0.25, -0.2) is 4.68 Å². The van der Waals surface area contributed by atoms with E-state index in [9.17, 15) is 4.79 Å². The first-order chi connectivity index (χ1) is 12.2. The minimum Gasteiger partial charge on any atom is -0.497 e. The molecule has 0 amide bonds. The monoisotopic (exact) mass is 340 g/mol. The molecule has 6 nitrogen and oxygen atoms in total. The largest absolute Gasteiger partial charge is 0.497 e. The maximum Gasteiger partial charge on any atom is 0.274 e. The Balaban J connectivity index is 1.61. The molecule has 25 heavy (non-hydrogen) atoms. The van der Waals surface area contributed by atoms with Gasteiger partial charge in [-0.3, -0.25) is 4.79 Å². The van der Waals surface area contributed by atoms with Crippen LogP contribution in [0.4, 0.5) is 0 Å². The molecule has 3 aromatic rings. The second-order valence-electron chi connectivity index (χ2n) is 5.53. The molecular formula is C19H20N2O4. The number of benzene rings is 2. The third kappa shape index (κ3) is 3.97. The summed E-state index contributed by atoms with van der Waals surface area (Å²) < 4.78 is 17.3. The Morgan fingerprint density at radius 3 is 2.44 bits per heavy atom. The van der Waals surface area contributed by atoms with Gasteiger partial charge in [0.2, 0.25) is 0 Å². The molecule has 0 bridgehead atoms. The Morgan fingerprint density at radius 1 is 1.00 bits per heavy atom. The molecule has 0 radical (unpaired) electrons. The Bertz CT molecular complexity index is 903. The summed E-state index contributed by atoms with van der Waals surface area (Å²) >= 11 is 0. The van der Waals surface area contributed by atoms with E-state index in [1.807, 2.05) is 24.3 Å². The standard InChI is InChI=1S/C19H20N2O4/c1-23-16-5-3-14(4-6-16)13-25-10-9-21-19(22)18-8-7-17(24-2)11-15(18)12-20-21/h3-8,11-12H,9-10,13H2,1-2H3. The van der Waals surface area contributed by atoms with Crippen LogP contribution in [-0.2, 0) is 17.9 Å². The molecule has 0 N–H and O–H groups in total. The van der Waals surface area contributed by atoms with Crippen molar-refractivity contribution in [3.8, 4) is 11.5 Å². The van der Waals surface area contributed by atoms with Crippen LogP contribution in [0.25, 0.3) is 10.8 Å². The van der Waals surface area contributed by atoms with Gasteiger partial charge in [0, 0.05) is 5.39 Å². The lowest BCUT2D eigenvalue weighted by molar-refractivity contribution is 0.110. The third-order valence-corrected chi connectivity index (χ3v) is 3.93. The van der Waals surface area contributed by atoms with Crippen molar-refractivity contribution in [2.75, 3.05) is 20.8 Å². The molecule has 130 valence electrons. The van der Waals surface area contributed by atoms with E-state index in [0.29, 0.717) is 30.9 Å². The fourth-order valence-electron chi connectivity index (χ4n) is 2.51. The van der Waals surface area contributed by atoms with E-state index in [2.05, 4.69) is 5.10 Å². The molecule has 1 heterocycles. The number of fused-ring (bicyclic) bond motifs is 1. The lowest BCUT2D eigenvalue weighted by Crippen LogP contribution is -2.24. The van der Waals surface area contributed by atoms with E-state index in [1.165, 1.54) is 4.68 Å². The third-order valence-electron chi connectivity index (χ3n) is 3.93. The SMILES string of the molecule is COc1ccc(COCCn2ncc3cc(OC)ccc3c2=O)cc1. The van der Waals surface area contributed by atoms with E-state index in [4.69, 9.17) is 14.2 Å². The molecule has 3 rings (SSSR count). The van der Waals surface area contributed by atoms with Gasteiger partial charge in [-0.2, -0.15) is 5.10 Å². The number of rotatable bonds is 7. The normalized spacial score (nSPS) is 10.8. The van der Waals surface area contributed by atoms with Gasteiger partial charge in [-0.15, -0.1) is 0 Å². The van der Waals surface area contributed by atoms with E-state index >= 15 is 0 Å². The Labute approximate surface area is 145 Å². The highest BCUT2D eigenvalue weighted by Gasteiger charge is 2.05. The maximum absolute atomic E-state index is 12.5. The van der Waals surface area contributed by atoms with Crippen molar-refractivity contribution in [2.45, 2.75) is 13.2 Å². The van der Waals surface area contributed by atoms with E-state index in [1.54, 1.807) is 38.6 Å². The summed E-state index contributed by atoms with van der Waals surface area (Å²) in [5.41, 5.74) is 0.917. The quantitative estimate of drug-likeness (QED) is 0.619. The Hall–Kier alpha value is -2.86. The predicted molar refractivity (Wildman–Crippen MR) is 95.2 cm³/mol.